The Hall–Kier alpha value is -1.10. The number of carbonyl (C=O) groups is 1. The van der Waals surface area contributed by atoms with E-state index in [2.05, 4.69) is 4.98 Å². The quantitative estimate of drug-likeness (QED) is 0.561. The van der Waals surface area contributed by atoms with Gasteiger partial charge in [-0.2, -0.15) is 0 Å². The number of fused-ring (bicyclic) bond motifs is 1. The largest absolute Gasteiger partial charge is 0.530 e. The minimum absolute atomic E-state index is 0.447. The van der Waals surface area contributed by atoms with Gasteiger partial charge in [-0.3, -0.25) is 0 Å². The second-order valence-corrected chi connectivity index (χ2v) is 3.60. The first-order valence-electron chi connectivity index (χ1n) is 3.64. The van der Waals surface area contributed by atoms with E-state index >= 15 is 0 Å². The van der Waals surface area contributed by atoms with Gasteiger partial charge in [0.05, 0.1) is 17.7 Å². The van der Waals surface area contributed by atoms with Crippen LogP contribution in [0.5, 0.6) is 0 Å². The highest BCUT2D eigenvalue weighted by Gasteiger charge is 2.17. The first-order valence-corrected chi connectivity index (χ1v) is 4.52. The molecule has 1 amide bonds. The Morgan fingerprint density at radius 1 is 1.75 bits per heavy atom. The third-order valence-corrected chi connectivity index (χ3v) is 2.80. The van der Waals surface area contributed by atoms with E-state index in [1.165, 1.54) is 16.2 Å². The lowest BCUT2D eigenvalue weighted by Crippen LogP contribution is -2.43. The normalized spacial score (nSPS) is 15.8. The molecule has 0 aliphatic carbocycles. The maximum Gasteiger partial charge on any atom is 0.137 e. The Morgan fingerprint density at radius 3 is 3.33 bits per heavy atom. The molecule has 1 aliphatic heterocycles. The highest BCUT2D eigenvalue weighted by Crippen LogP contribution is 2.20. The third-order valence-electron chi connectivity index (χ3n) is 1.94. The maximum atomic E-state index is 10.5. The van der Waals surface area contributed by atoms with Crippen molar-refractivity contribution in [3.05, 3.63) is 16.1 Å². The molecule has 4 nitrogen and oxygen atoms in total. The minimum atomic E-state index is -1.09. The predicted octanol–water partition coefficient (Wildman–Crippen LogP) is -0.156. The van der Waals surface area contributed by atoms with Crippen molar-refractivity contribution >= 4 is 17.4 Å². The first kappa shape index (κ1) is 7.54. The highest BCUT2D eigenvalue weighted by atomic mass is 32.1. The number of hydrogen-bond acceptors (Lipinski definition) is 4. The SMILES string of the molecule is O=C([O-])N1CCc2ncsc2C1. The third kappa shape index (κ3) is 1.16. The average Bonchev–Trinajstić information content (AvgIpc) is 2.49. The molecule has 1 aromatic rings. The fraction of sp³-hybridized carbons (Fsp3) is 0.429. The van der Waals surface area contributed by atoms with E-state index in [9.17, 15) is 9.90 Å². The molecule has 0 saturated heterocycles. The summed E-state index contributed by atoms with van der Waals surface area (Å²) in [6.07, 6.45) is -0.374. The summed E-state index contributed by atoms with van der Waals surface area (Å²) in [7, 11) is 0. The number of carbonyl (C=O) groups excluding carboxylic acids is 1. The number of carboxylic acid groups (broad SMARTS) is 1. The first-order chi connectivity index (χ1) is 5.77. The molecule has 0 bridgehead atoms. The van der Waals surface area contributed by atoms with Gasteiger partial charge >= 0.3 is 0 Å². The molecule has 0 saturated carbocycles. The summed E-state index contributed by atoms with van der Waals surface area (Å²) in [5.41, 5.74) is 2.79. The molecule has 12 heavy (non-hydrogen) atoms. The van der Waals surface area contributed by atoms with Crippen LogP contribution in [0.25, 0.3) is 0 Å². The summed E-state index contributed by atoms with van der Waals surface area (Å²) in [5.74, 6) is 0. The van der Waals surface area contributed by atoms with E-state index in [0.29, 0.717) is 19.5 Å². The molecule has 0 N–H and O–H groups in total. The van der Waals surface area contributed by atoms with Gasteiger partial charge in [-0.15, -0.1) is 11.3 Å². The number of aromatic nitrogens is 1. The second kappa shape index (κ2) is 2.75. The van der Waals surface area contributed by atoms with E-state index in [0.717, 1.165) is 10.6 Å². The van der Waals surface area contributed by atoms with Crippen molar-refractivity contribution in [3.63, 3.8) is 0 Å². The number of nitrogens with zero attached hydrogens (tertiary/aromatic N) is 2. The van der Waals surface area contributed by atoms with Crippen LogP contribution in [0.15, 0.2) is 5.51 Å². The lowest BCUT2D eigenvalue weighted by molar-refractivity contribution is -0.266. The van der Waals surface area contributed by atoms with Gasteiger partial charge in [0.15, 0.2) is 0 Å². The van der Waals surface area contributed by atoms with E-state index in [1.807, 2.05) is 0 Å². The summed E-state index contributed by atoms with van der Waals surface area (Å²) in [6.45, 7) is 0.960. The van der Waals surface area contributed by atoms with Crippen molar-refractivity contribution < 1.29 is 9.90 Å². The van der Waals surface area contributed by atoms with E-state index in [4.69, 9.17) is 0 Å². The summed E-state index contributed by atoms with van der Waals surface area (Å²) in [5, 5.41) is 10.5. The van der Waals surface area contributed by atoms with Gasteiger partial charge in [-0.05, 0) is 0 Å². The summed E-state index contributed by atoms with van der Waals surface area (Å²) >= 11 is 1.50. The number of thiazole rings is 1. The van der Waals surface area contributed by atoms with E-state index in [-0.39, 0.29) is 0 Å². The van der Waals surface area contributed by atoms with Crippen LogP contribution in [-0.2, 0) is 13.0 Å². The van der Waals surface area contributed by atoms with Gasteiger partial charge in [0.1, 0.15) is 6.09 Å². The summed E-state index contributed by atoms with van der Waals surface area (Å²) in [4.78, 5) is 17.0. The molecule has 0 atom stereocenters. The van der Waals surface area contributed by atoms with Crippen molar-refractivity contribution in [1.29, 1.82) is 0 Å². The molecule has 64 valence electrons. The van der Waals surface area contributed by atoms with Gasteiger partial charge < -0.3 is 14.8 Å². The lowest BCUT2D eigenvalue weighted by atomic mass is 10.2. The highest BCUT2D eigenvalue weighted by molar-refractivity contribution is 7.09. The lowest BCUT2D eigenvalue weighted by Gasteiger charge is -2.28. The van der Waals surface area contributed by atoms with Crippen molar-refractivity contribution in [2.45, 2.75) is 13.0 Å². The molecule has 1 aliphatic rings. The van der Waals surface area contributed by atoms with Crippen molar-refractivity contribution in [3.8, 4) is 0 Å². The predicted molar refractivity (Wildman–Crippen MR) is 41.6 cm³/mol. The van der Waals surface area contributed by atoms with Crippen LogP contribution in [0.1, 0.15) is 10.6 Å². The van der Waals surface area contributed by atoms with Gasteiger partial charge in [-0.1, -0.05) is 0 Å². The Balaban J connectivity index is 2.20. The second-order valence-electron chi connectivity index (χ2n) is 2.66. The van der Waals surface area contributed by atoms with Gasteiger partial charge in [-0.25, -0.2) is 4.98 Å². The molecular formula is C7H7N2O2S-. The molecule has 0 fully saturated rings. The van der Waals surface area contributed by atoms with Crippen LogP contribution in [-0.4, -0.2) is 22.5 Å². The minimum Gasteiger partial charge on any atom is -0.530 e. The van der Waals surface area contributed by atoms with Crippen molar-refractivity contribution in [2.75, 3.05) is 6.54 Å². The summed E-state index contributed by atoms with van der Waals surface area (Å²) < 4.78 is 0. The van der Waals surface area contributed by atoms with Crippen LogP contribution >= 0.6 is 11.3 Å². The van der Waals surface area contributed by atoms with Crippen LogP contribution < -0.4 is 5.11 Å². The van der Waals surface area contributed by atoms with E-state index < -0.39 is 6.09 Å². The van der Waals surface area contributed by atoms with E-state index in [1.54, 1.807) is 5.51 Å². The zero-order valence-corrected chi connectivity index (χ0v) is 7.13. The fourth-order valence-electron chi connectivity index (χ4n) is 1.28. The molecule has 0 unspecified atom stereocenters. The monoisotopic (exact) mass is 183 g/mol. The van der Waals surface area contributed by atoms with Crippen LogP contribution in [0.4, 0.5) is 4.79 Å². The van der Waals surface area contributed by atoms with Gasteiger partial charge in [0, 0.05) is 17.8 Å². The maximum absolute atomic E-state index is 10.5. The Morgan fingerprint density at radius 2 is 2.58 bits per heavy atom. The number of hydrogen-bond donors (Lipinski definition) is 0. The smallest absolute Gasteiger partial charge is 0.137 e. The van der Waals surface area contributed by atoms with Gasteiger partial charge in [0.2, 0.25) is 0 Å². The number of amides is 1. The van der Waals surface area contributed by atoms with Crippen LogP contribution in [0.2, 0.25) is 0 Å². The topological polar surface area (TPSA) is 56.3 Å². The molecule has 0 radical (unpaired) electrons. The zero-order chi connectivity index (χ0) is 8.55. The molecule has 0 spiro atoms. The molecular weight excluding hydrogens is 176 g/mol. The summed E-state index contributed by atoms with van der Waals surface area (Å²) in [6, 6.07) is 0. The standard InChI is InChI=1S/C7H8N2O2S/c10-7(11)9-2-1-5-6(3-9)12-4-8-5/h4H,1-3H2,(H,10,11)/p-1. The molecule has 5 heteroatoms. The Bertz CT molecular complexity index is 310. The van der Waals surface area contributed by atoms with Crippen LogP contribution in [0.3, 0.4) is 0 Å². The van der Waals surface area contributed by atoms with Crippen molar-refractivity contribution in [1.82, 2.24) is 9.88 Å². The average molecular weight is 183 g/mol. The van der Waals surface area contributed by atoms with Gasteiger partial charge in [0.25, 0.3) is 0 Å². The Kier molecular flexibility index (Phi) is 1.73. The molecule has 1 aromatic heterocycles. The zero-order valence-electron chi connectivity index (χ0n) is 6.32. The molecule has 2 rings (SSSR count). The van der Waals surface area contributed by atoms with Crippen molar-refractivity contribution in [2.24, 2.45) is 0 Å². The van der Waals surface area contributed by atoms with Crippen LogP contribution in [0, 0.1) is 0 Å². The molecule has 0 aromatic carbocycles. The Labute approximate surface area is 73.5 Å². The number of rotatable bonds is 0. The molecule has 2 heterocycles. The fourth-order valence-corrected chi connectivity index (χ4v) is 2.10.